The summed E-state index contributed by atoms with van der Waals surface area (Å²) >= 11 is 0. The molecule has 3 aromatic rings. The second-order valence-corrected chi connectivity index (χ2v) is 10.5. The summed E-state index contributed by atoms with van der Waals surface area (Å²) in [5, 5.41) is 3.72. The molecule has 6 rings (SSSR count). The number of Topliss-reactive ketones (excluding diaryl/α,β-unsaturated/α-hetero) is 1. The van der Waals surface area contributed by atoms with Crippen molar-refractivity contribution in [2.24, 2.45) is 0 Å². The molecule has 40 heavy (non-hydrogen) atoms. The monoisotopic (exact) mass is 541 g/mol. The van der Waals surface area contributed by atoms with E-state index in [0.717, 1.165) is 24.2 Å². The fraction of sp³-hybridized carbons (Fsp3) is 0.344. The first-order valence-corrected chi connectivity index (χ1v) is 13.6. The van der Waals surface area contributed by atoms with E-state index < -0.39 is 11.9 Å². The second-order valence-electron chi connectivity index (χ2n) is 10.5. The fourth-order valence-electron chi connectivity index (χ4n) is 6.16. The predicted octanol–water partition coefficient (Wildman–Crippen LogP) is 4.89. The third-order valence-electron chi connectivity index (χ3n) is 8.07. The van der Waals surface area contributed by atoms with Gasteiger partial charge in [-0.05, 0) is 49.9 Å². The van der Waals surface area contributed by atoms with E-state index in [1.54, 1.807) is 38.3 Å². The van der Waals surface area contributed by atoms with Crippen molar-refractivity contribution < 1.29 is 28.2 Å². The number of allylic oxidation sites excluding steroid dienone is 3. The highest BCUT2D eigenvalue weighted by atomic mass is 16.6. The minimum absolute atomic E-state index is 0.115. The van der Waals surface area contributed by atoms with E-state index in [1.165, 1.54) is 6.26 Å². The van der Waals surface area contributed by atoms with Crippen LogP contribution in [0.15, 0.2) is 86.5 Å². The van der Waals surface area contributed by atoms with E-state index >= 15 is 0 Å². The van der Waals surface area contributed by atoms with E-state index in [0.29, 0.717) is 41.0 Å². The lowest BCUT2D eigenvalue weighted by Gasteiger charge is -2.36. The highest BCUT2D eigenvalue weighted by Gasteiger charge is 2.43. The zero-order chi connectivity index (χ0) is 27.8. The first-order valence-electron chi connectivity index (χ1n) is 13.6. The third-order valence-corrected chi connectivity index (χ3v) is 8.07. The van der Waals surface area contributed by atoms with Crippen LogP contribution in [0.5, 0.6) is 5.75 Å². The summed E-state index contributed by atoms with van der Waals surface area (Å²) in [5.74, 6) is -1.04. The Kier molecular flexibility index (Phi) is 7.02. The average Bonchev–Trinajstić information content (AvgIpc) is 3.49. The van der Waals surface area contributed by atoms with E-state index in [2.05, 4.69) is 5.32 Å². The van der Waals surface area contributed by atoms with Gasteiger partial charge in [0.05, 0.1) is 36.4 Å². The van der Waals surface area contributed by atoms with Gasteiger partial charge in [-0.15, -0.1) is 0 Å². The maximum Gasteiger partial charge on any atom is 0.336 e. The van der Waals surface area contributed by atoms with Crippen LogP contribution in [-0.2, 0) is 19.1 Å². The number of rotatable bonds is 6. The first kappa shape index (κ1) is 26.1. The quantitative estimate of drug-likeness (QED) is 0.440. The van der Waals surface area contributed by atoms with E-state index in [-0.39, 0.29) is 47.4 Å². The number of hydrogen-bond donors (Lipinski definition) is 1. The van der Waals surface area contributed by atoms with Crippen molar-refractivity contribution in [3.63, 3.8) is 0 Å². The molecule has 8 heteroatoms. The number of ketones is 1. The maximum absolute atomic E-state index is 13.9. The first-order chi connectivity index (χ1) is 19.5. The van der Waals surface area contributed by atoms with Gasteiger partial charge in [-0.2, -0.15) is 0 Å². The number of ether oxygens (including phenoxy) is 3. The van der Waals surface area contributed by atoms with Gasteiger partial charge in [0.15, 0.2) is 11.2 Å². The van der Waals surface area contributed by atoms with Crippen LogP contribution >= 0.6 is 0 Å². The predicted molar refractivity (Wildman–Crippen MR) is 148 cm³/mol. The number of para-hydroxylation sites is 2. The molecule has 0 saturated carbocycles. The highest BCUT2D eigenvalue weighted by Crippen LogP contribution is 2.46. The van der Waals surface area contributed by atoms with Crippen molar-refractivity contribution in [2.45, 2.75) is 50.5 Å². The normalized spacial score (nSPS) is 22.8. The molecule has 8 nitrogen and oxygen atoms in total. The lowest BCUT2D eigenvalue weighted by Crippen LogP contribution is -2.38. The molecule has 0 radical (unpaired) electrons. The van der Waals surface area contributed by atoms with Crippen LogP contribution in [0, 0.1) is 0 Å². The Bertz CT molecular complexity index is 1610. The SMILES string of the molecule is COc1ccccc1[C@@H]1CC(=O)C2=C(C1)NC(C)=C(C(=O)OC[C@H]1CCCO1)[C@H]2c1coc2ccccc2c1=O. The van der Waals surface area contributed by atoms with Gasteiger partial charge in [0, 0.05) is 41.5 Å². The third kappa shape index (κ3) is 4.62. The van der Waals surface area contributed by atoms with Crippen molar-refractivity contribution in [3.8, 4) is 5.75 Å². The largest absolute Gasteiger partial charge is 0.496 e. The summed E-state index contributed by atoms with van der Waals surface area (Å²) < 4.78 is 22.8. The molecule has 0 amide bonds. The number of carbonyl (C=O) groups is 2. The van der Waals surface area contributed by atoms with Crippen LogP contribution in [0.2, 0.25) is 0 Å². The lowest BCUT2D eigenvalue weighted by molar-refractivity contribution is -0.142. The molecule has 206 valence electrons. The van der Waals surface area contributed by atoms with Gasteiger partial charge < -0.3 is 23.9 Å². The zero-order valence-electron chi connectivity index (χ0n) is 22.5. The Morgan fingerprint density at radius 3 is 2.65 bits per heavy atom. The molecular weight excluding hydrogens is 510 g/mol. The number of benzene rings is 2. The molecule has 1 N–H and O–H groups in total. The van der Waals surface area contributed by atoms with Crippen LogP contribution in [0.3, 0.4) is 0 Å². The Morgan fingerprint density at radius 1 is 1.05 bits per heavy atom. The average molecular weight is 542 g/mol. The summed E-state index contributed by atoms with van der Waals surface area (Å²) in [4.78, 5) is 41.4. The molecule has 0 unspecified atom stereocenters. The lowest BCUT2D eigenvalue weighted by atomic mass is 9.71. The molecule has 0 bridgehead atoms. The van der Waals surface area contributed by atoms with Crippen LogP contribution in [0.25, 0.3) is 11.0 Å². The number of carbonyl (C=O) groups excluding carboxylic acids is 2. The minimum Gasteiger partial charge on any atom is -0.496 e. The fourth-order valence-corrected chi connectivity index (χ4v) is 6.16. The molecule has 1 aromatic heterocycles. The summed E-state index contributed by atoms with van der Waals surface area (Å²) in [7, 11) is 1.61. The van der Waals surface area contributed by atoms with Crippen molar-refractivity contribution in [3.05, 3.63) is 98.7 Å². The van der Waals surface area contributed by atoms with Gasteiger partial charge >= 0.3 is 5.97 Å². The molecule has 3 heterocycles. The molecule has 1 fully saturated rings. The van der Waals surface area contributed by atoms with Gasteiger partial charge in [0.1, 0.15) is 17.9 Å². The maximum atomic E-state index is 13.9. The number of dihydropyridines is 1. The number of hydrogen-bond acceptors (Lipinski definition) is 8. The van der Waals surface area contributed by atoms with Crippen LogP contribution in [0.4, 0.5) is 0 Å². The molecule has 0 spiro atoms. The van der Waals surface area contributed by atoms with E-state index in [1.807, 2.05) is 24.3 Å². The van der Waals surface area contributed by atoms with Crippen molar-refractivity contribution >= 4 is 22.7 Å². The number of nitrogens with one attached hydrogen (secondary N) is 1. The summed E-state index contributed by atoms with van der Waals surface area (Å²) in [6.45, 7) is 2.54. The Hall–Kier alpha value is -4.17. The van der Waals surface area contributed by atoms with Gasteiger partial charge in [0.2, 0.25) is 0 Å². The topological polar surface area (TPSA) is 104 Å². The summed E-state index contributed by atoms with van der Waals surface area (Å²) in [5.41, 5.74) is 3.22. The summed E-state index contributed by atoms with van der Waals surface area (Å²) in [6.07, 6.45) is 3.70. The number of esters is 1. The van der Waals surface area contributed by atoms with Crippen LogP contribution in [-0.4, -0.2) is 38.2 Å². The van der Waals surface area contributed by atoms with Crippen molar-refractivity contribution in [1.82, 2.24) is 5.32 Å². The molecule has 2 aromatic carbocycles. The van der Waals surface area contributed by atoms with Crippen LogP contribution < -0.4 is 15.5 Å². The molecular formula is C32H31NO7. The molecule has 2 aliphatic heterocycles. The van der Waals surface area contributed by atoms with Gasteiger partial charge in [-0.3, -0.25) is 9.59 Å². The molecule has 1 aliphatic carbocycles. The summed E-state index contributed by atoms with van der Waals surface area (Å²) in [6, 6.07) is 14.6. The van der Waals surface area contributed by atoms with Crippen molar-refractivity contribution in [2.75, 3.05) is 20.3 Å². The zero-order valence-corrected chi connectivity index (χ0v) is 22.5. The van der Waals surface area contributed by atoms with E-state index in [9.17, 15) is 14.4 Å². The van der Waals surface area contributed by atoms with Crippen LogP contribution in [0.1, 0.15) is 55.6 Å². The smallest absolute Gasteiger partial charge is 0.336 e. The van der Waals surface area contributed by atoms with Gasteiger partial charge in [-0.25, -0.2) is 4.79 Å². The highest BCUT2D eigenvalue weighted by molar-refractivity contribution is 6.04. The molecule has 3 atom stereocenters. The van der Waals surface area contributed by atoms with Gasteiger partial charge in [-0.1, -0.05) is 30.3 Å². The van der Waals surface area contributed by atoms with Gasteiger partial charge in [0.25, 0.3) is 0 Å². The Morgan fingerprint density at radius 2 is 1.85 bits per heavy atom. The Balaban J connectivity index is 1.44. The molecule has 3 aliphatic rings. The van der Waals surface area contributed by atoms with Crippen molar-refractivity contribution in [1.29, 1.82) is 0 Å². The molecule has 1 saturated heterocycles. The number of methoxy groups -OCH3 is 1. The standard InChI is InChI=1S/C32H31NO7/c1-18-28(32(36)40-16-20-8-7-13-38-20)29(23-17-39-27-12-6-4-10-22(27)31(23)35)30-24(33-18)14-19(15-25(30)34)21-9-3-5-11-26(21)37-2/h3-6,9-12,17,19-20,29,33H,7-8,13-16H2,1-2H3/t19-,20+,29+/m0/s1. The second kappa shape index (κ2) is 10.8. The van der Waals surface area contributed by atoms with E-state index in [4.69, 9.17) is 18.6 Å². The Labute approximate surface area is 231 Å². The minimum atomic E-state index is -0.916. The number of fused-ring (bicyclic) bond motifs is 1.